The van der Waals surface area contributed by atoms with Gasteiger partial charge in [-0.25, -0.2) is 0 Å². The Bertz CT molecular complexity index is 414. The zero-order chi connectivity index (χ0) is 14.3. The van der Waals surface area contributed by atoms with Gasteiger partial charge >= 0.3 is 6.18 Å². The average molecular weight is 301 g/mol. The Hall–Kier alpha value is -0.380. The highest BCUT2D eigenvalue weighted by Gasteiger charge is 2.39. The van der Waals surface area contributed by atoms with Crippen molar-refractivity contribution in [1.82, 2.24) is 14.3 Å². The molecule has 19 heavy (non-hydrogen) atoms. The Morgan fingerprint density at radius 2 is 1.79 bits per heavy atom. The van der Waals surface area contributed by atoms with Crippen LogP contribution in [0.25, 0.3) is 0 Å². The number of piperidine rings is 1. The van der Waals surface area contributed by atoms with Crippen molar-refractivity contribution >= 4 is 10.2 Å². The van der Waals surface area contributed by atoms with Crippen molar-refractivity contribution in [3.05, 3.63) is 0 Å². The van der Waals surface area contributed by atoms with Crippen LogP contribution in [-0.4, -0.2) is 50.6 Å². The second-order valence-electron chi connectivity index (χ2n) is 5.22. The van der Waals surface area contributed by atoms with Gasteiger partial charge in [0.15, 0.2) is 0 Å². The number of fused-ring (bicyclic) bond motifs is 2. The van der Waals surface area contributed by atoms with Crippen LogP contribution in [0.15, 0.2) is 0 Å². The molecule has 0 amide bonds. The Balaban J connectivity index is 1.96. The van der Waals surface area contributed by atoms with Crippen LogP contribution in [0.2, 0.25) is 0 Å². The van der Waals surface area contributed by atoms with Crippen molar-refractivity contribution in [1.29, 1.82) is 0 Å². The lowest BCUT2D eigenvalue weighted by Crippen LogP contribution is -2.52. The summed E-state index contributed by atoms with van der Waals surface area (Å²) in [6.07, 6.45) is -1.23. The van der Waals surface area contributed by atoms with Gasteiger partial charge in [-0.2, -0.15) is 30.6 Å². The van der Waals surface area contributed by atoms with E-state index in [1.54, 1.807) is 4.72 Å². The maximum atomic E-state index is 12.1. The third-order valence-electron chi connectivity index (χ3n) is 3.80. The van der Waals surface area contributed by atoms with E-state index >= 15 is 0 Å². The van der Waals surface area contributed by atoms with Crippen molar-refractivity contribution in [2.24, 2.45) is 0 Å². The van der Waals surface area contributed by atoms with Gasteiger partial charge in [-0.05, 0) is 25.7 Å². The molecule has 2 N–H and O–H groups in total. The van der Waals surface area contributed by atoms with Crippen LogP contribution in [0.3, 0.4) is 0 Å². The van der Waals surface area contributed by atoms with E-state index in [2.05, 4.69) is 5.32 Å². The van der Waals surface area contributed by atoms with E-state index in [0.29, 0.717) is 12.8 Å². The predicted molar refractivity (Wildman–Crippen MR) is 63.7 cm³/mol. The van der Waals surface area contributed by atoms with Gasteiger partial charge in [-0.3, -0.25) is 0 Å². The van der Waals surface area contributed by atoms with Gasteiger partial charge in [-0.15, -0.1) is 0 Å². The Morgan fingerprint density at radius 3 is 2.26 bits per heavy atom. The topological polar surface area (TPSA) is 61.4 Å². The monoisotopic (exact) mass is 301 g/mol. The maximum absolute atomic E-state index is 12.1. The van der Waals surface area contributed by atoms with Gasteiger partial charge in [0.05, 0.1) is 0 Å². The fraction of sp³-hybridized carbons (Fsp3) is 1.00. The number of hydrogen-bond acceptors (Lipinski definition) is 3. The first kappa shape index (κ1) is 15.0. The normalized spacial score (nSPS) is 31.9. The third kappa shape index (κ3) is 3.80. The molecule has 112 valence electrons. The van der Waals surface area contributed by atoms with E-state index < -0.39 is 22.9 Å². The highest BCUT2D eigenvalue weighted by molar-refractivity contribution is 7.87. The fourth-order valence-electron chi connectivity index (χ4n) is 2.80. The number of hydrogen-bond donors (Lipinski definition) is 2. The van der Waals surface area contributed by atoms with Gasteiger partial charge in [0.1, 0.15) is 6.54 Å². The number of nitrogens with zero attached hydrogens (tertiary/aromatic N) is 1. The van der Waals surface area contributed by atoms with Crippen LogP contribution < -0.4 is 10.0 Å². The first-order valence-corrected chi connectivity index (χ1v) is 7.67. The summed E-state index contributed by atoms with van der Waals surface area (Å²) < 4.78 is 62.5. The maximum Gasteiger partial charge on any atom is 0.402 e. The lowest BCUT2D eigenvalue weighted by Gasteiger charge is -2.34. The van der Waals surface area contributed by atoms with Crippen molar-refractivity contribution in [2.45, 2.75) is 50.0 Å². The molecular formula is C10H18F3N3O2S. The predicted octanol–water partition coefficient (Wildman–Crippen LogP) is 0.598. The average Bonchev–Trinajstić information content (AvgIpc) is 2.64. The van der Waals surface area contributed by atoms with Crippen molar-refractivity contribution in [3.63, 3.8) is 0 Å². The SMILES string of the molecule is CN(C1CC2CCC(C1)N2)S(=O)(=O)NCC(F)(F)F. The minimum absolute atomic E-state index is 0.232. The number of alkyl halides is 3. The fourth-order valence-corrected chi connectivity index (χ4v) is 3.91. The van der Waals surface area contributed by atoms with E-state index in [1.165, 1.54) is 7.05 Å². The summed E-state index contributed by atoms with van der Waals surface area (Å²) >= 11 is 0. The summed E-state index contributed by atoms with van der Waals surface area (Å²) in [5.41, 5.74) is 0. The van der Waals surface area contributed by atoms with Gasteiger partial charge in [0.2, 0.25) is 0 Å². The molecule has 0 radical (unpaired) electrons. The molecule has 0 aliphatic carbocycles. The lowest BCUT2D eigenvalue weighted by atomic mass is 10.0. The van der Waals surface area contributed by atoms with E-state index in [1.807, 2.05) is 0 Å². The number of rotatable bonds is 4. The van der Waals surface area contributed by atoms with Crippen molar-refractivity contribution in [3.8, 4) is 0 Å². The molecule has 0 aromatic carbocycles. The molecule has 2 fully saturated rings. The summed E-state index contributed by atoms with van der Waals surface area (Å²) in [7, 11) is -2.74. The number of nitrogens with one attached hydrogen (secondary N) is 2. The molecule has 2 saturated heterocycles. The first-order chi connectivity index (χ1) is 8.67. The Labute approximate surface area is 110 Å². The summed E-state index contributed by atoms with van der Waals surface area (Å²) in [5, 5.41) is 3.36. The molecule has 2 heterocycles. The smallest absolute Gasteiger partial charge is 0.311 e. The molecule has 2 rings (SSSR count). The molecule has 9 heteroatoms. The zero-order valence-corrected chi connectivity index (χ0v) is 11.4. The summed E-state index contributed by atoms with van der Waals surface area (Å²) in [5.74, 6) is 0. The van der Waals surface area contributed by atoms with Crippen molar-refractivity contribution < 1.29 is 21.6 Å². The van der Waals surface area contributed by atoms with E-state index in [4.69, 9.17) is 0 Å². The molecule has 0 aromatic rings. The lowest BCUT2D eigenvalue weighted by molar-refractivity contribution is -0.121. The third-order valence-corrected chi connectivity index (χ3v) is 5.36. The van der Waals surface area contributed by atoms with E-state index in [9.17, 15) is 21.6 Å². The highest BCUT2D eigenvalue weighted by atomic mass is 32.2. The van der Waals surface area contributed by atoms with Crippen LogP contribution in [0.4, 0.5) is 13.2 Å². The van der Waals surface area contributed by atoms with Crippen LogP contribution in [-0.2, 0) is 10.2 Å². The van der Waals surface area contributed by atoms with Crippen LogP contribution in [0, 0.1) is 0 Å². The highest BCUT2D eigenvalue weighted by Crippen LogP contribution is 2.30. The summed E-state index contributed by atoms with van der Waals surface area (Å²) in [6, 6.07) is 0.331. The van der Waals surface area contributed by atoms with Gasteiger partial charge in [0.25, 0.3) is 10.2 Å². The largest absolute Gasteiger partial charge is 0.402 e. The van der Waals surface area contributed by atoms with Crippen LogP contribution >= 0.6 is 0 Å². The molecule has 2 atom stereocenters. The number of halogens is 3. The van der Waals surface area contributed by atoms with Gasteiger partial charge in [0, 0.05) is 25.2 Å². The molecule has 0 spiro atoms. The zero-order valence-electron chi connectivity index (χ0n) is 10.6. The molecule has 2 aliphatic heterocycles. The minimum atomic E-state index is -4.54. The summed E-state index contributed by atoms with van der Waals surface area (Å²) in [6.45, 7) is -1.53. The standard InChI is InChI=1S/C10H18F3N3O2S/c1-16(19(17,18)14-6-10(11,12)13)9-4-7-2-3-8(5-9)15-7/h7-9,14-15H,2-6H2,1H3. The van der Waals surface area contributed by atoms with Crippen LogP contribution in [0.1, 0.15) is 25.7 Å². The quantitative estimate of drug-likeness (QED) is 0.799. The minimum Gasteiger partial charge on any atom is -0.311 e. The molecule has 2 bridgehead atoms. The second kappa shape index (κ2) is 5.19. The Kier molecular flexibility index (Phi) is 4.10. The summed E-state index contributed by atoms with van der Waals surface area (Å²) in [4.78, 5) is 0. The van der Waals surface area contributed by atoms with E-state index in [0.717, 1.165) is 17.1 Å². The van der Waals surface area contributed by atoms with Crippen molar-refractivity contribution in [2.75, 3.05) is 13.6 Å². The van der Waals surface area contributed by atoms with Gasteiger partial charge in [-0.1, -0.05) is 0 Å². The second-order valence-corrected chi connectivity index (χ2v) is 7.04. The molecule has 5 nitrogen and oxygen atoms in total. The van der Waals surface area contributed by atoms with E-state index in [-0.39, 0.29) is 18.1 Å². The molecule has 2 unspecified atom stereocenters. The Morgan fingerprint density at radius 1 is 1.26 bits per heavy atom. The molecule has 0 aromatic heterocycles. The molecule has 2 aliphatic rings. The van der Waals surface area contributed by atoms with Crippen LogP contribution in [0.5, 0.6) is 0 Å². The molecule has 0 saturated carbocycles. The molecular weight excluding hydrogens is 283 g/mol. The van der Waals surface area contributed by atoms with Gasteiger partial charge < -0.3 is 5.32 Å². The first-order valence-electron chi connectivity index (χ1n) is 6.23.